The molecule has 1 aliphatic heterocycles. The normalized spacial score (nSPS) is 23.1. The molecule has 5 nitrogen and oxygen atoms in total. The third-order valence-electron chi connectivity index (χ3n) is 6.55. The number of aromatic nitrogens is 2. The lowest BCUT2D eigenvalue weighted by Gasteiger charge is -2.43. The van der Waals surface area contributed by atoms with E-state index < -0.39 is 4.65 Å². The summed E-state index contributed by atoms with van der Waals surface area (Å²) in [5.41, 5.74) is 7.90. The molecule has 0 bridgehead atoms. The zero-order valence-corrected chi connectivity index (χ0v) is 17.5. The molecule has 5 heteroatoms. The third kappa shape index (κ3) is 3.71. The van der Waals surface area contributed by atoms with Gasteiger partial charge in [0.15, 0.2) is 0 Å². The molecule has 0 saturated carbocycles. The number of likely N-dealkylation sites (tertiary alicyclic amines) is 1. The molecule has 0 radical (unpaired) electrons. The van der Waals surface area contributed by atoms with E-state index in [2.05, 4.69) is 35.4 Å². The summed E-state index contributed by atoms with van der Waals surface area (Å²) in [5, 5.41) is 13.3. The Balaban J connectivity index is 1.50. The molecule has 2 aromatic rings. The van der Waals surface area contributed by atoms with Crippen LogP contribution in [-0.4, -0.2) is 33.6 Å². The molecule has 1 saturated heterocycles. The van der Waals surface area contributed by atoms with Crippen LogP contribution in [-0.2, 0) is 6.42 Å². The quantitative estimate of drug-likeness (QED) is 0.493. The standard InChI is InChI=1S/C26H25N3O2/c30-26(22-10-15-27-16-11-22)29(31)17-12-19(13-18-29)23-7-3-1-2-5-20-8-9-21-6-4-14-28-25(21)24(20)23/h1-4,6-7,10-11,14-16H,5,8-9,12-13,17-18H2. The van der Waals surface area contributed by atoms with Crippen molar-refractivity contribution in [1.82, 2.24) is 9.97 Å². The van der Waals surface area contributed by atoms with Crippen LogP contribution in [0, 0.1) is 5.21 Å². The van der Waals surface area contributed by atoms with Crippen molar-refractivity contribution in [2.75, 3.05) is 13.1 Å². The Bertz CT molecular complexity index is 1130. The summed E-state index contributed by atoms with van der Waals surface area (Å²) in [7, 11) is 0. The number of carbonyl (C=O) groups excluding carboxylic acids is 1. The maximum Gasteiger partial charge on any atom is 0.345 e. The first-order chi connectivity index (χ1) is 15.2. The van der Waals surface area contributed by atoms with Crippen molar-refractivity contribution in [3.8, 4) is 0 Å². The van der Waals surface area contributed by atoms with Crippen molar-refractivity contribution in [1.29, 1.82) is 0 Å². The molecule has 1 fully saturated rings. The number of pyridine rings is 2. The van der Waals surface area contributed by atoms with Gasteiger partial charge < -0.3 is 5.21 Å². The van der Waals surface area contributed by atoms with Crippen molar-refractivity contribution in [2.45, 2.75) is 32.1 Å². The summed E-state index contributed by atoms with van der Waals surface area (Å²) in [4.78, 5) is 21.6. The van der Waals surface area contributed by atoms with Crippen molar-refractivity contribution >= 4 is 11.5 Å². The van der Waals surface area contributed by atoms with E-state index in [1.807, 2.05) is 12.3 Å². The molecule has 2 aliphatic carbocycles. The predicted octanol–water partition coefficient (Wildman–Crippen LogP) is 4.94. The number of amides is 1. The average Bonchev–Trinajstić information content (AvgIpc) is 2.80. The van der Waals surface area contributed by atoms with Gasteiger partial charge in [0, 0.05) is 37.0 Å². The van der Waals surface area contributed by atoms with Gasteiger partial charge in [-0.3, -0.25) is 14.6 Å². The molecule has 31 heavy (non-hydrogen) atoms. The Morgan fingerprint density at radius 1 is 0.935 bits per heavy atom. The minimum absolute atomic E-state index is 0.265. The van der Waals surface area contributed by atoms with Gasteiger partial charge in [0.25, 0.3) is 0 Å². The fraction of sp³-hybridized carbons (Fsp3) is 0.269. The van der Waals surface area contributed by atoms with E-state index in [-0.39, 0.29) is 19.0 Å². The van der Waals surface area contributed by atoms with Crippen LogP contribution in [0.25, 0.3) is 5.57 Å². The Kier molecular flexibility index (Phi) is 5.22. The fourth-order valence-electron chi connectivity index (χ4n) is 4.85. The second kappa shape index (κ2) is 8.17. The number of hydroxylamine groups is 3. The van der Waals surface area contributed by atoms with E-state index in [1.165, 1.54) is 27.9 Å². The van der Waals surface area contributed by atoms with Gasteiger partial charge in [-0.1, -0.05) is 41.5 Å². The zero-order chi connectivity index (χ0) is 21.3. The molecular weight excluding hydrogens is 386 g/mol. The van der Waals surface area contributed by atoms with E-state index in [0.29, 0.717) is 18.4 Å². The van der Waals surface area contributed by atoms with Crippen molar-refractivity contribution < 1.29 is 9.44 Å². The molecule has 5 rings (SSSR count). The highest BCUT2D eigenvalue weighted by molar-refractivity contribution is 5.89. The summed E-state index contributed by atoms with van der Waals surface area (Å²) in [6.45, 7) is 0.530. The number of hydrogen-bond donors (Lipinski definition) is 0. The lowest BCUT2D eigenvalue weighted by atomic mass is 9.80. The van der Waals surface area contributed by atoms with Crippen molar-refractivity contribution in [2.24, 2.45) is 0 Å². The van der Waals surface area contributed by atoms with Gasteiger partial charge in [-0.2, -0.15) is 0 Å². The summed E-state index contributed by atoms with van der Waals surface area (Å²) in [5.74, 6) is -0.368. The smallest absolute Gasteiger partial charge is 0.345 e. The summed E-state index contributed by atoms with van der Waals surface area (Å²) in [6, 6.07) is 7.42. The molecular formula is C26H25N3O2. The van der Waals surface area contributed by atoms with Crippen molar-refractivity contribution in [3.05, 3.63) is 106 Å². The van der Waals surface area contributed by atoms with Gasteiger partial charge in [-0.05, 0) is 48.6 Å². The lowest BCUT2D eigenvalue weighted by molar-refractivity contribution is -0.801. The fourth-order valence-corrected chi connectivity index (χ4v) is 4.85. The maximum atomic E-state index is 13.3. The van der Waals surface area contributed by atoms with E-state index in [0.717, 1.165) is 25.0 Å². The number of fused-ring (bicyclic) bond motifs is 2. The Morgan fingerprint density at radius 2 is 1.74 bits per heavy atom. The predicted molar refractivity (Wildman–Crippen MR) is 121 cm³/mol. The summed E-state index contributed by atoms with van der Waals surface area (Å²) >= 11 is 0. The van der Waals surface area contributed by atoms with E-state index in [4.69, 9.17) is 4.98 Å². The lowest BCUT2D eigenvalue weighted by Crippen LogP contribution is -2.51. The van der Waals surface area contributed by atoms with Crippen LogP contribution in [0.3, 0.4) is 0 Å². The third-order valence-corrected chi connectivity index (χ3v) is 6.55. The first-order valence-electron chi connectivity index (χ1n) is 10.9. The molecule has 0 atom stereocenters. The topological polar surface area (TPSA) is 65.9 Å². The van der Waals surface area contributed by atoms with Crippen LogP contribution in [0.4, 0.5) is 0 Å². The highest BCUT2D eigenvalue weighted by Gasteiger charge is 2.34. The van der Waals surface area contributed by atoms with Gasteiger partial charge in [-0.15, -0.1) is 0 Å². The molecule has 0 N–H and O–H groups in total. The monoisotopic (exact) mass is 411 g/mol. The van der Waals surface area contributed by atoms with Crippen LogP contribution < -0.4 is 0 Å². The number of allylic oxidation sites excluding steroid dienone is 7. The number of rotatable bonds is 1. The highest BCUT2D eigenvalue weighted by Crippen LogP contribution is 2.41. The molecule has 2 aromatic heterocycles. The number of carbonyl (C=O) groups is 1. The molecule has 1 amide bonds. The van der Waals surface area contributed by atoms with E-state index >= 15 is 0 Å². The second-order valence-corrected chi connectivity index (χ2v) is 8.38. The number of quaternary nitrogens is 1. The van der Waals surface area contributed by atoms with Crippen LogP contribution in [0.1, 0.15) is 47.3 Å². The minimum atomic E-state index is -0.800. The number of nitrogens with zero attached hydrogens (tertiary/aromatic N) is 3. The molecule has 0 spiro atoms. The second-order valence-electron chi connectivity index (χ2n) is 8.38. The Hall–Kier alpha value is -3.15. The average molecular weight is 412 g/mol. The van der Waals surface area contributed by atoms with E-state index in [1.54, 1.807) is 24.5 Å². The SMILES string of the molecule is O=C(c1ccncc1)[N+]1([O-])CCC(=C2C=CC=CCC3=C2c2ncccc2CC3)CC1. The largest absolute Gasteiger partial charge is 0.625 e. The first kappa shape index (κ1) is 19.8. The molecule has 3 aliphatic rings. The van der Waals surface area contributed by atoms with Crippen molar-refractivity contribution in [3.63, 3.8) is 0 Å². The number of piperidine rings is 1. The van der Waals surface area contributed by atoms with Crippen LogP contribution in [0.5, 0.6) is 0 Å². The maximum absolute atomic E-state index is 13.3. The van der Waals surface area contributed by atoms with E-state index in [9.17, 15) is 10.0 Å². The van der Waals surface area contributed by atoms with Crippen LogP contribution in [0.2, 0.25) is 0 Å². The molecule has 0 aromatic carbocycles. The van der Waals surface area contributed by atoms with Crippen LogP contribution in [0.15, 0.2) is 83.9 Å². The van der Waals surface area contributed by atoms with Crippen LogP contribution >= 0.6 is 0 Å². The van der Waals surface area contributed by atoms with Gasteiger partial charge in [0.2, 0.25) is 0 Å². The number of hydrogen-bond acceptors (Lipinski definition) is 4. The number of aryl methyl sites for hydroxylation is 1. The summed E-state index contributed by atoms with van der Waals surface area (Å²) in [6.07, 6.45) is 17.7. The molecule has 3 heterocycles. The Labute approximate surface area is 182 Å². The van der Waals surface area contributed by atoms with Gasteiger partial charge >= 0.3 is 5.91 Å². The highest BCUT2D eigenvalue weighted by atomic mass is 16.6. The minimum Gasteiger partial charge on any atom is -0.625 e. The van der Waals surface area contributed by atoms with Gasteiger partial charge in [-0.25, -0.2) is 4.79 Å². The zero-order valence-electron chi connectivity index (χ0n) is 17.5. The first-order valence-corrected chi connectivity index (χ1v) is 10.9. The van der Waals surface area contributed by atoms with Gasteiger partial charge in [0.05, 0.1) is 24.3 Å². The Morgan fingerprint density at radius 3 is 2.55 bits per heavy atom. The van der Waals surface area contributed by atoms with Gasteiger partial charge in [0.1, 0.15) is 0 Å². The molecule has 0 unspecified atom stereocenters. The molecule has 156 valence electrons. The summed E-state index contributed by atoms with van der Waals surface area (Å²) < 4.78 is -0.800.